The van der Waals surface area contributed by atoms with E-state index in [0.717, 1.165) is 6.42 Å². The van der Waals surface area contributed by atoms with Crippen molar-refractivity contribution < 1.29 is 34.6 Å². The Kier molecular flexibility index (Phi) is 6.20. The minimum absolute atomic E-state index is 0.0885. The third-order valence-corrected chi connectivity index (χ3v) is 3.87. The summed E-state index contributed by atoms with van der Waals surface area (Å²) < 4.78 is 17.0. The van der Waals surface area contributed by atoms with Gasteiger partial charge in [0.2, 0.25) is 0 Å². The van der Waals surface area contributed by atoms with Gasteiger partial charge in [0.25, 0.3) is 0 Å². The molecule has 1 saturated heterocycles. The van der Waals surface area contributed by atoms with Crippen LogP contribution in [0.3, 0.4) is 0 Å². The Morgan fingerprint density at radius 2 is 1.83 bits per heavy atom. The van der Waals surface area contributed by atoms with Crippen LogP contribution in [0.2, 0.25) is 0 Å². The van der Waals surface area contributed by atoms with Crippen LogP contribution in [0.4, 0.5) is 0 Å². The summed E-state index contributed by atoms with van der Waals surface area (Å²) in [6, 6.07) is 5.96. The molecule has 0 aliphatic carbocycles. The molecule has 6 atom stereocenters. The fourth-order valence-electron chi connectivity index (χ4n) is 2.30. The van der Waals surface area contributed by atoms with Gasteiger partial charge < -0.3 is 34.6 Å². The van der Waals surface area contributed by atoms with Crippen LogP contribution in [0.25, 0.3) is 0 Å². The Labute approximate surface area is 135 Å². The summed E-state index contributed by atoms with van der Waals surface area (Å²) >= 11 is 0. The average molecular weight is 328 g/mol. The van der Waals surface area contributed by atoms with Crippen molar-refractivity contribution >= 4 is 0 Å². The molecule has 6 unspecified atom stereocenters. The van der Waals surface area contributed by atoms with Gasteiger partial charge in [0.05, 0.1) is 12.7 Å². The number of ether oxygens (including phenoxy) is 3. The predicted molar refractivity (Wildman–Crippen MR) is 81.1 cm³/mol. The van der Waals surface area contributed by atoms with Crippen LogP contribution in [0.1, 0.15) is 20.3 Å². The molecule has 23 heavy (non-hydrogen) atoms. The molecule has 0 bridgehead atoms. The van der Waals surface area contributed by atoms with E-state index in [1.165, 1.54) is 24.3 Å². The second-order valence-corrected chi connectivity index (χ2v) is 5.64. The molecule has 0 amide bonds. The molecule has 0 radical (unpaired) electrons. The Morgan fingerprint density at radius 3 is 2.39 bits per heavy atom. The first-order chi connectivity index (χ1) is 11.0. The van der Waals surface area contributed by atoms with E-state index in [1.807, 2.05) is 13.8 Å². The normalized spacial score (nSPS) is 32.5. The minimum Gasteiger partial charge on any atom is -0.508 e. The zero-order chi connectivity index (χ0) is 17.0. The maximum absolute atomic E-state index is 10.3. The number of aromatic hydroxyl groups is 1. The number of aliphatic hydroxyl groups is 3. The Hall–Kier alpha value is -1.38. The first-order valence-electron chi connectivity index (χ1n) is 7.69. The fraction of sp³-hybridized carbons (Fsp3) is 0.625. The summed E-state index contributed by atoms with van der Waals surface area (Å²) in [5, 5.41) is 38.9. The van der Waals surface area contributed by atoms with E-state index < -0.39 is 37.3 Å². The fourth-order valence-corrected chi connectivity index (χ4v) is 2.30. The highest BCUT2D eigenvalue weighted by molar-refractivity contribution is 5.30. The highest BCUT2D eigenvalue weighted by Gasteiger charge is 2.46. The van der Waals surface area contributed by atoms with Crippen molar-refractivity contribution in [3.63, 3.8) is 0 Å². The molecule has 1 fully saturated rings. The van der Waals surface area contributed by atoms with Gasteiger partial charge in [-0.2, -0.15) is 0 Å². The summed E-state index contributed by atoms with van der Waals surface area (Å²) in [5.41, 5.74) is 0. The van der Waals surface area contributed by atoms with Gasteiger partial charge in [0.15, 0.2) is 12.4 Å². The molecule has 7 nitrogen and oxygen atoms in total. The Balaban J connectivity index is 2.17. The van der Waals surface area contributed by atoms with Crippen LogP contribution >= 0.6 is 0 Å². The average Bonchev–Trinajstić information content (AvgIpc) is 2.55. The third-order valence-electron chi connectivity index (χ3n) is 3.87. The molecule has 130 valence electrons. The minimum atomic E-state index is -1.29. The Bertz CT molecular complexity index is 478. The summed E-state index contributed by atoms with van der Waals surface area (Å²) in [6.45, 7) is 3.36. The summed E-state index contributed by atoms with van der Waals surface area (Å²) in [5.74, 6) is 0.480. The van der Waals surface area contributed by atoms with Crippen LogP contribution in [0.15, 0.2) is 24.3 Å². The molecule has 1 heterocycles. The van der Waals surface area contributed by atoms with E-state index in [4.69, 9.17) is 14.2 Å². The van der Waals surface area contributed by atoms with Crippen molar-refractivity contribution in [1.29, 1.82) is 0 Å². The second-order valence-electron chi connectivity index (χ2n) is 5.64. The predicted octanol–water partition coefficient (Wildman–Crippen LogP) is 0.394. The molecule has 4 N–H and O–H groups in total. The van der Waals surface area contributed by atoms with Gasteiger partial charge in [0.1, 0.15) is 29.8 Å². The number of rotatable bonds is 6. The molecule has 7 heteroatoms. The Morgan fingerprint density at radius 1 is 1.17 bits per heavy atom. The maximum atomic E-state index is 10.3. The van der Waals surface area contributed by atoms with Gasteiger partial charge in [-0.1, -0.05) is 6.92 Å². The van der Waals surface area contributed by atoms with Gasteiger partial charge in [-0.25, -0.2) is 0 Å². The first kappa shape index (κ1) is 18.0. The van der Waals surface area contributed by atoms with Gasteiger partial charge in [-0.3, -0.25) is 0 Å². The van der Waals surface area contributed by atoms with E-state index in [0.29, 0.717) is 5.75 Å². The van der Waals surface area contributed by atoms with Crippen molar-refractivity contribution in [1.82, 2.24) is 0 Å². The van der Waals surface area contributed by atoms with E-state index in [9.17, 15) is 20.4 Å². The van der Waals surface area contributed by atoms with Crippen molar-refractivity contribution in [2.75, 3.05) is 6.61 Å². The number of aliphatic hydroxyl groups excluding tert-OH is 3. The van der Waals surface area contributed by atoms with Crippen LogP contribution in [-0.2, 0) is 9.47 Å². The standard InChI is InChI=1S/C16H24O7/c1-3-9(2)21-16-15(14(20)13(19)12(8-17)23-16)22-11-6-4-10(18)5-7-11/h4-7,9,12-20H,3,8H2,1-2H3. The molecule has 1 aromatic rings. The SMILES string of the molecule is CCC(C)OC1OC(CO)C(O)C(O)C1Oc1ccc(O)cc1. The van der Waals surface area contributed by atoms with Crippen LogP contribution in [-0.4, -0.2) is 63.8 Å². The van der Waals surface area contributed by atoms with Gasteiger partial charge in [-0.15, -0.1) is 0 Å². The first-order valence-corrected chi connectivity index (χ1v) is 7.69. The number of phenolic OH excluding ortho intramolecular Hbond substituents is 1. The van der Waals surface area contributed by atoms with Crippen molar-refractivity contribution in [3.05, 3.63) is 24.3 Å². The van der Waals surface area contributed by atoms with Crippen LogP contribution in [0, 0.1) is 0 Å². The quantitative estimate of drug-likeness (QED) is 0.598. The molecule has 1 aromatic carbocycles. The smallest absolute Gasteiger partial charge is 0.198 e. The highest BCUT2D eigenvalue weighted by atomic mass is 16.7. The lowest BCUT2D eigenvalue weighted by molar-refractivity contribution is -0.304. The zero-order valence-corrected chi connectivity index (χ0v) is 13.2. The van der Waals surface area contributed by atoms with E-state index in [-0.39, 0.29) is 11.9 Å². The second kappa shape index (κ2) is 7.94. The number of benzene rings is 1. The van der Waals surface area contributed by atoms with Crippen molar-refractivity contribution in [3.8, 4) is 11.5 Å². The number of phenols is 1. The third kappa shape index (κ3) is 4.33. The number of hydrogen-bond donors (Lipinski definition) is 4. The van der Waals surface area contributed by atoms with Crippen molar-refractivity contribution in [2.45, 2.75) is 57.1 Å². The topological polar surface area (TPSA) is 109 Å². The summed E-state index contributed by atoms with van der Waals surface area (Å²) in [7, 11) is 0. The van der Waals surface area contributed by atoms with Gasteiger partial charge in [-0.05, 0) is 37.6 Å². The highest BCUT2D eigenvalue weighted by Crippen LogP contribution is 2.28. The van der Waals surface area contributed by atoms with Crippen LogP contribution < -0.4 is 4.74 Å². The molecule has 2 rings (SSSR count). The zero-order valence-electron chi connectivity index (χ0n) is 13.2. The number of hydrogen-bond acceptors (Lipinski definition) is 7. The summed E-state index contributed by atoms with van der Waals surface area (Å²) in [4.78, 5) is 0. The van der Waals surface area contributed by atoms with E-state index in [2.05, 4.69) is 0 Å². The molecule has 1 aliphatic rings. The van der Waals surface area contributed by atoms with Gasteiger partial charge in [0, 0.05) is 0 Å². The summed E-state index contributed by atoms with van der Waals surface area (Å²) in [6.07, 6.45) is -4.84. The molecular weight excluding hydrogens is 304 g/mol. The van der Waals surface area contributed by atoms with E-state index >= 15 is 0 Å². The lowest BCUT2D eigenvalue weighted by atomic mass is 9.99. The lowest BCUT2D eigenvalue weighted by Crippen LogP contribution is -2.61. The van der Waals surface area contributed by atoms with Crippen molar-refractivity contribution in [2.24, 2.45) is 0 Å². The van der Waals surface area contributed by atoms with Gasteiger partial charge >= 0.3 is 0 Å². The maximum Gasteiger partial charge on any atom is 0.198 e. The molecular formula is C16H24O7. The van der Waals surface area contributed by atoms with E-state index in [1.54, 1.807) is 0 Å². The molecule has 1 aliphatic heterocycles. The molecule has 0 aromatic heterocycles. The molecule has 0 spiro atoms. The molecule has 0 saturated carbocycles. The monoisotopic (exact) mass is 328 g/mol. The van der Waals surface area contributed by atoms with Crippen LogP contribution in [0.5, 0.6) is 11.5 Å². The largest absolute Gasteiger partial charge is 0.508 e. The lowest BCUT2D eigenvalue weighted by Gasteiger charge is -2.42.